The summed E-state index contributed by atoms with van der Waals surface area (Å²) in [6, 6.07) is 5.34. The molecule has 2 unspecified atom stereocenters. The Morgan fingerprint density at radius 2 is 2.16 bits per heavy atom. The van der Waals surface area contributed by atoms with Gasteiger partial charge in [-0.15, -0.1) is 11.8 Å². The van der Waals surface area contributed by atoms with E-state index in [1.165, 1.54) is 25.2 Å². The summed E-state index contributed by atoms with van der Waals surface area (Å²) in [4.78, 5) is 25.3. The van der Waals surface area contributed by atoms with E-state index in [0.717, 1.165) is 23.3 Å². The van der Waals surface area contributed by atoms with Crippen molar-refractivity contribution in [1.82, 2.24) is 14.9 Å². The number of thioether (sulfide) groups is 1. The highest BCUT2D eigenvalue weighted by atomic mass is 32.2. The third-order valence-corrected chi connectivity index (χ3v) is 6.72. The summed E-state index contributed by atoms with van der Waals surface area (Å²) in [7, 11) is 1.41. The molecule has 2 atom stereocenters. The molecule has 31 heavy (non-hydrogen) atoms. The number of likely N-dealkylation sites (tertiary alicyclic amines) is 1. The number of amides is 1. The van der Waals surface area contributed by atoms with Crippen LogP contribution in [0.1, 0.15) is 31.7 Å². The molecule has 2 aliphatic heterocycles. The van der Waals surface area contributed by atoms with Gasteiger partial charge < -0.3 is 19.3 Å². The fourth-order valence-electron chi connectivity index (χ4n) is 4.36. The molecule has 0 spiro atoms. The van der Waals surface area contributed by atoms with Crippen LogP contribution in [0.15, 0.2) is 29.4 Å². The van der Waals surface area contributed by atoms with Crippen molar-refractivity contribution in [2.75, 3.05) is 31.4 Å². The van der Waals surface area contributed by atoms with Crippen LogP contribution in [-0.2, 0) is 11.2 Å². The van der Waals surface area contributed by atoms with Gasteiger partial charge in [-0.3, -0.25) is 0 Å². The summed E-state index contributed by atoms with van der Waals surface area (Å²) in [6.45, 7) is 3.26. The molecule has 4 rings (SSSR count). The lowest BCUT2D eigenvalue weighted by atomic mass is 9.98. The third-order valence-electron chi connectivity index (χ3n) is 6.00. The standard InChI is InChI=1S/C22H27FN4O3S/c1-4-14-11-15(7-9-26(14)22(28)29-2)30-21-17-8-10-27(20(17)24-13-25-21)19-6-5-16(31-3)12-18(19)23/h5-6,12-15H,4,7-11H2,1-3H3. The molecule has 3 heterocycles. The SMILES string of the molecule is CCC1CC(Oc2ncnc3c2CCN3c2ccc(SC)cc2F)CCN1C(=O)OC. The molecule has 7 nitrogen and oxygen atoms in total. The maximum atomic E-state index is 14.7. The Labute approximate surface area is 185 Å². The first-order chi connectivity index (χ1) is 15.0. The van der Waals surface area contributed by atoms with Gasteiger partial charge in [-0.05, 0) is 37.3 Å². The molecule has 1 amide bonds. The van der Waals surface area contributed by atoms with Crippen molar-refractivity contribution in [2.24, 2.45) is 0 Å². The van der Waals surface area contributed by atoms with Crippen LogP contribution in [0.3, 0.4) is 0 Å². The van der Waals surface area contributed by atoms with E-state index >= 15 is 0 Å². The van der Waals surface area contributed by atoms with Crippen molar-refractivity contribution >= 4 is 29.4 Å². The van der Waals surface area contributed by atoms with Gasteiger partial charge in [-0.1, -0.05) is 6.92 Å². The highest BCUT2D eigenvalue weighted by molar-refractivity contribution is 7.98. The van der Waals surface area contributed by atoms with Gasteiger partial charge in [0.1, 0.15) is 24.1 Å². The average Bonchev–Trinajstić information content (AvgIpc) is 3.23. The van der Waals surface area contributed by atoms with Crippen LogP contribution >= 0.6 is 11.8 Å². The number of anilines is 2. The van der Waals surface area contributed by atoms with E-state index in [4.69, 9.17) is 9.47 Å². The number of fused-ring (bicyclic) bond motifs is 1. The molecule has 1 aromatic carbocycles. The smallest absolute Gasteiger partial charge is 0.409 e. The molecule has 0 N–H and O–H groups in total. The zero-order chi connectivity index (χ0) is 22.0. The van der Waals surface area contributed by atoms with E-state index in [0.29, 0.717) is 43.3 Å². The van der Waals surface area contributed by atoms with Gasteiger partial charge in [0.25, 0.3) is 0 Å². The lowest BCUT2D eigenvalue weighted by molar-refractivity contribution is 0.0431. The van der Waals surface area contributed by atoms with E-state index in [1.807, 2.05) is 17.2 Å². The number of nitrogens with zero attached hydrogens (tertiary/aromatic N) is 4. The Morgan fingerprint density at radius 1 is 1.32 bits per heavy atom. The second-order valence-corrected chi connectivity index (χ2v) is 8.57. The topological polar surface area (TPSA) is 67.8 Å². The summed E-state index contributed by atoms with van der Waals surface area (Å²) >= 11 is 1.51. The fraction of sp³-hybridized carbons (Fsp3) is 0.500. The van der Waals surface area contributed by atoms with Crippen molar-refractivity contribution < 1.29 is 18.7 Å². The Kier molecular flexibility index (Phi) is 6.50. The minimum atomic E-state index is -0.293. The van der Waals surface area contributed by atoms with Gasteiger partial charge in [0.2, 0.25) is 5.88 Å². The van der Waals surface area contributed by atoms with E-state index in [-0.39, 0.29) is 24.1 Å². The number of hydrogen-bond acceptors (Lipinski definition) is 7. The molecule has 9 heteroatoms. The Bertz CT molecular complexity index is 960. The molecular formula is C22H27FN4O3S. The Balaban J connectivity index is 1.52. The normalized spacial score (nSPS) is 20.5. The number of halogens is 1. The quantitative estimate of drug-likeness (QED) is 0.630. The third kappa shape index (κ3) is 4.28. The van der Waals surface area contributed by atoms with Crippen molar-refractivity contribution in [2.45, 2.75) is 49.6 Å². The van der Waals surface area contributed by atoms with Crippen LogP contribution in [0, 0.1) is 5.82 Å². The van der Waals surface area contributed by atoms with E-state index in [9.17, 15) is 9.18 Å². The molecule has 1 saturated heterocycles. The second-order valence-electron chi connectivity index (χ2n) is 7.69. The van der Waals surface area contributed by atoms with E-state index in [2.05, 4.69) is 16.9 Å². The number of benzene rings is 1. The molecule has 2 aliphatic rings. The van der Waals surface area contributed by atoms with Gasteiger partial charge in [0.05, 0.1) is 18.4 Å². The van der Waals surface area contributed by atoms with Crippen molar-refractivity contribution in [1.29, 1.82) is 0 Å². The van der Waals surface area contributed by atoms with Crippen LogP contribution in [0.2, 0.25) is 0 Å². The number of ether oxygens (including phenoxy) is 2. The minimum Gasteiger partial charge on any atom is -0.474 e. The van der Waals surface area contributed by atoms with Gasteiger partial charge in [-0.2, -0.15) is 0 Å². The molecule has 0 saturated carbocycles. The summed E-state index contributed by atoms with van der Waals surface area (Å²) in [5.41, 5.74) is 1.41. The van der Waals surface area contributed by atoms with E-state index < -0.39 is 0 Å². The molecule has 166 valence electrons. The number of methoxy groups -OCH3 is 1. The van der Waals surface area contributed by atoms with Crippen LogP contribution in [0.25, 0.3) is 0 Å². The highest BCUT2D eigenvalue weighted by Crippen LogP contribution is 2.39. The molecule has 1 aromatic heterocycles. The van der Waals surface area contributed by atoms with Crippen molar-refractivity contribution in [3.63, 3.8) is 0 Å². The Hall–Kier alpha value is -2.55. The molecule has 1 fully saturated rings. The second kappa shape index (κ2) is 9.30. The number of aromatic nitrogens is 2. The number of hydrogen-bond donors (Lipinski definition) is 0. The predicted octanol–water partition coefficient (Wildman–Crippen LogP) is 4.42. The molecule has 0 radical (unpaired) electrons. The first-order valence-electron chi connectivity index (χ1n) is 10.5. The van der Waals surface area contributed by atoms with Crippen LogP contribution in [0.4, 0.5) is 20.7 Å². The number of piperidine rings is 1. The number of carbonyl (C=O) groups is 1. The average molecular weight is 447 g/mol. The molecule has 0 aliphatic carbocycles. The molecule has 2 aromatic rings. The fourth-order valence-corrected chi connectivity index (χ4v) is 4.79. The van der Waals surface area contributed by atoms with Gasteiger partial charge in [0.15, 0.2) is 0 Å². The maximum absolute atomic E-state index is 14.7. The van der Waals surface area contributed by atoms with Crippen LogP contribution < -0.4 is 9.64 Å². The molecular weight excluding hydrogens is 419 g/mol. The highest BCUT2D eigenvalue weighted by Gasteiger charge is 2.34. The van der Waals surface area contributed by atoms with Gasteiger partial charge in [0, 0.05) is 36.9 Å². The van der Waals surface area contributed by atoms with Crippen LogP contribution in [-0.4, -0.2) is 59.6 Å². The number of rotatable bonds is 5. The lowest BCUT2D eigenvalue weighted by Crippen LogP contribution is -2.48. The predicted molar refractivity (Wildman–Crippen MR) is 118 cm³/mol. The first kappa shape index (κ1) is 21.7. The first-order valence-corrected chi connectivity index (χ1v) is 11.7. The maximum Gasteiger partial charge on any atom is 0.409 e. The van der Waals surface area contributed by atoms with Gasteiger partial charge in [-0.25, -0.2) is 19.2 Å². The monoisotopic (exact) mass is 446 g/mol. The van der Waals surface area contributed by atoms with E-state index in [1.54, 1.807) is 17.0 Å². The lowest BCUT2D eigenvalue weighted by Gasteiger charge is -2.38. The van der Waals surface area contributed by atoms with Crippen LogP contribution in [0.5, 0.6) is 5.88 Å². The van der Waals surface area contributed by atoms with Gasteiger partial charge >= 0.3 is 6.09 Å². The Morgan fingerprint density at radius 3 is 2.87 bits per heavy atom. The summed E-state index contributed by atoms with van der Waals surface area (Å²) in [5, 5.41) is 0. The summed E-state index contributed by atoms with van der Waals surface area (Å²) < 4.78 is 25.9. The van der Waals surface area contributed by atoms with Crippen molar-refractivity contribution in [3.05, 3.63) is 35.9 Å². The minimum absolute atomic E-state index is 0.0449. The largest absolute Gasteiger partial charge is 0.474 e. The molecule has 0 bridgehead atoms. The zero-order valence-electron chi connectivity index (χ0n) is 18.0. The number of carbonyl (C=O) groups excluding carboxylic acids is 1. The zero-order valence-corrected chi connectivity index (χ0v) is 18.8. The van der Waals surface area contributed by atoms with Crippen molar-refractivity contribution in [3.8, 4) is 5.88 Å². The summed E-state index contributed by atoms with van der Waals surface area (Å²) in [5.74, 6) is 0.988. The summed E-state index contributed by atoms with van der Waals surface area (Å²) in [6.07, 6.45) is 6.01.